The average molecular weight is 446 g/mol. The van der Waals surface area contributed by atoms with Crippen molar-refractivity contribution in [2.24, 2.45) is 0 Å². The number of hydrogen-bond acceptors (Lipinski definition) is 4. The summed E-state index contributed by atoms with van der Waals surface area (Å²) in [5.74, 6) is 1.62. The highest BCUT2D eigenvalue weighted by Crippen LogP contribution is 2.51. The molecule has 6 nitrogen and oxygen atoms in total. The van der Waals surface area contributed by atoms with Crippen LogP contribution in [0.15, 0.2) is 42.5 Å². The highest BCUT2D eigenvalue weighted by Gasteiger charge is 2.51. The van der Waals surface area contributed by atoms with Crippen LogP contribution in [0.25, 0.3) is 10.9 Å². The van der Waals surface area contributed by atoms with Gasteiger partial charge >= 0.3 is 0 Å². The summed E-state index contributed by atoms with van der Waals surface area (Å²) in [4.78, 5) is 13.3. The molecule has 0 spiro atoms. The van der Waals surface area contributed by atoms with Gasteiger partial charge in [-0.05, 0) is 60.6 Å². The molecule has 5 rings (SSSR count). The summed E-state index contributed by atoms with van der Waals surface area (Å²) in [6.07, 6.45) is 1.65. The fourth-order valence-corrected chi connectivity index (χ4v) is 4.75. The van der Waals surface area contributed by atoms with Crippen LogP contribution >= 0.6 is 0 Å². The lowest BCUT2D eigenvalue weighted by Gasteiger charge is -2.23. The number of hydrogen-bond donors (Lipinski definition) is 2. The molecule has 0 radical (unpaired) electrons. The first-order valence-electron chi connectivity index (χ1n) is 11.7. The molecule has 172 valence electrons. The van der Waals surface area contributed by atoms with Gasteiger partial charge in [0.1, 0.15) is 7.85 Å². The predicted molar refractivity (Wildman–Crippen MR) is 132 cm³/mol. The SMILES string of the molecule is BC(CO)Cn1c(C(C)(C)C)cc2cc(NC(=O)C3(c4ccc5c(c4)OCO5)CC3)ccc21. The number of ether oxygens (including phenoxy) is 2. The molecular formula is C26H31BN2O4. The van der Waals surface area contributed by atoms with Gasteiger partial charge < -0.3 is 24.5 Å². The van der Waals surface area contributed by atoms with Crippen LogP contribution in [0.3, 0.4) is 0 Å². The van der Waals surface area contributed by atoms with Crippen LogP contribution in [0.4, 0.5) is 5.69 Å². The van der Waals surface area contributed by atoms with Gasteiger partial charge in [-0.15, -0.1) is 0 Å². The van der Waals surface area contributed by atoms with E-state index in [0.29, 0.717) is 5.75 Å². The first kappa shape index (κ1) is 21.9. The van der Waals surface area contributed by atoms with Gasteiger partial charge in [-0.1, -0.05) is 26.8 Å². The van der Waals surface area contributed by atoms with E-state index in [1.54, 1.807) is 0 Å². The second kappa shape index (κ2) is 7.84. The van der Waals surface area contributed by atoms with E-state index in [-0.39, 0.29) is 30.5 Å². The highest BCUT2D eigenvalue weighted by atomic mass is 16.7. The zero-order valence-electron chi connectivity index (χ0n) is 19.8. The number of nitrogens with one attached hydrogen (secondary N) is 1. The molecule has 1 saturated carbocycles. The summed E-state index contributed by atoms with van der Waals surface area (Å²) in [7, 11) is 2.05. The van der Waals surface area contributed by atoms with Crippen molar-refractivity contribution in [3.8, 4) is 11.5 Å². The first-order chi connectivity index (χ1) is 15.7. The number of rotatable bonds is 6. The maximum Gasteiger partial charge on any atom is 0.235 e. The number of amides is 1. The van der Waals surface area contributed by atoms with Gasteiger partial charge in [-0.2, -0.15) is 0 Å². The highest BCUT2D eigenvalue weighted by molar-refractivity contribution is 6.11. The predicted octanol–water partition coefficient (Wildman–Crippen LogP) is 3.75. The van der Waals surface area contributed by atoms with E-state index in [4.69, 9.17) is 9.47 Å². The summed E-state index contributed by atoms with van der Waals surface area (Å²) >= 11 is 0. The normalized spacial score (nSPS) is 17.2. The van der Waals surface area contributed by atoms with Crippen LogP contribution in [0.5, 0.6) is 11.5 Å². The van der Waals surface area contributed by atoms with Crippen molar-refractivity contribution < 1.29 is 19.4 Å². The minimum atomic E-state index is -0.505. The Labute approximate surface area is 195 Å². The van der Waals surface area contributed by atoms with Crippen LogP contribution in [0.1, 0.15) is 44.9 Å². The van der Waals surface area contributed by atoms with E-state index >= 15 is 0 Å². The Bertz CT molecular complexity index is 1220. The molecule has 2 N–H and O–H groups in total. The van der Waals surface area contributed by atoms with E-state index in [1.807, 2.05) is 24.3 Å². The van der Waals surface area contributed by atoms with Crippen LogP contribution in [-0.2, 0) is 22.2 Å². The molecule has 1 unspecified atom stereocenters. The molecule has 1 amide bonds. The Kier molecular flexibility index (Phi) is 5.20. The lowest BCUT2D eigenvalue weighted by Crippen LogP contribution is -2.27. The van der Waals surface area contributed by atoms with Crippen molar-refractivity contribution in [1.82, 2.24) is 4.57 Å². The zero-order chi connectivity index (χ0) is 23.4. The maximum atomic E-state index is 13.3. The van der Waals surface area contributed by atoms with Gasteiger partial charge in [-0.25, -0.2) is 0 Å². The number of aromatic nitrogens is 1. The smallest absolute Gasteiger partial charge is 0.235 e. The van der Waals surface area contributed by atoms with Crippen molar-refractivity contribution in [3.63, 3.8) is 0 Å². The van der Waals surface area contributed by atoms with Crippen LogP contribution in [-0.4, -0.2) is 36.8 Å². The monoisotopic (exact) mass is 446 g/mol. The summed E-state index contributed by atoms with van der Waals surface area (Å²) < 4.78 is 13.2. The van der Waals surface area contributed by atoms with E-state index in [9.17, 15) is 9.90 Å². The molecule has 0 bridgehead atoms. The lowest BCUT2D eigenvalue weighted by atomic mass is 9.87. The Morgan fingerprint density at radius 3 is 2.61 bits per heavy atom. The molecule has 1 fully saturated rings. The average Bonchev–Trinajstić information content (AvgIpc) is 3.32. The number of nitrogens with zero attached hydrogens (tertiary/aromatic N) is 1. The van der Waals surface area contributed by atoms with Crippen LogP contribution < -0.4 is 14.8 Å². The minimum absolute atomic E-state index is 0.0186. The van der Waals surface area contributed by atoms with Gasteiger partial charge in [0, 0.05) is 40.9 Å². The molecule has 33 heavy (non-hydrogen) atoms. The maximum absolute atomic E-state index is 13.3. The lowest BCUT2D eigenvalue weighted by molar-refractivity contribution is -0.118. The first-order valence-corrected chi connectivity index (χ1v) is 11.7. The molecule has 2 heterocycles. The topological polar surface area (TPSA) is 72.7 Å². The summed E-state index contributed by atoms with van der Waals surface area (Å²) in [5.41, 5.74) is 3.58. The fourth-order valence-electron chi connectivity index (χ4n) is 4.75. The van der Waals surface area contributed by atoms with E-state index in [0.717, 1.165) is 47.3 Å². The Balaban J connectivity index is 1.43. The van der Waals surface area contributed by atoms with Gasteiger partial charge in [0.15, 0.2) is 11.5 Å². The minimum Gasteiger partial charge on any atom is -0.454 e. The molecule has 1 aliphatic carbocycles. The molecule has 2 aromatic carbocycles. The van der Waals surface area contributed by atoms with E-state index in [1.165, 1.54) is 5.69 Å². The molecular weight excluding hydrogens is 415 g/mol. The molecule has 0 saturated heterocycles. The second-order valence-electron chi connectivity index (χ2n) is 10.6. The summed E-state index contributed by atoms with van der Waals surface area (Å²) in [6, 6.07) is 14.1. The third-order valence-corrected chi connectivity index (χ3v) is 6.84. The number of carbonyl (C=O) groups is 1. The number of anilines is 1. The summed E-state index contributed by atoms with van der Waals surface area (Å²) in [5, 5.41) is 13.9. The third-order valence-electron chi connectivity index (χ3n) is 6.84. The number of carbonyl (C=O) groups excluding carboxylic acids is 1. The second-order valence-corrected chi connectivity index (χ2v) is 10.6. The van der Waals surface area contributed by atoms with Gasteiger partial charge in [0.2, 0.25) is 12.7 Å². The van der Waals surface area contributed by atoms with E-state index in [2.05, 4.69) is 56.7 Å². The number of aliphatic hydroxyl groups is 1. The van der Waals surface area contributed by atoms with Crippen molar-refractivity contribution in [3.05, 3.63) is 53.7 Å². The number of fused-ring (bicyclic) bond motifs is 2. The van der Waals surface area contributed by atoms with Crippen molar-refractivity contribution >= 4 is 30.3 Å². The van der Waals surface area contributed by atoms with Gasteiger partial charge in [-0.3, -0.25) is 4.79 Å². The molecule has 1 atom stereocenters. The van der Waals surface area contributed by atoms with E-state index < -0.39 is 5.41 Å². The van der Waals surface area contributed by atoms with Crippen LogP contribution in [0.2, 0.25) is 5.82 Å². The largest absolute Gasteiger partial charge is 0.454 e. The molecule has 3 aromatic rings. The summed E-state index contributed by atoms with van der Waals surface area (Å²) in [6.45, 7) is 7.74. The number of benzene rings is 2. The third kappa shape index (κ3) is 3.88. The Morgan fingerprint density at radius 1 is 1.15 bits per heavy atom. The Morgan fingerprint density at radius 2 is 1.91 bits per heavy atom. The zero-order valence-corrected chi connectivity index (χ0v) is 19.8. The molecule has 1 aliphatic heterocycles. The number of aliphatic hydroxyl groups excluding tert-OH is 1. The standard InChI is InChI=1S/C26H31BN2O4/c1-25(2,3)23-11-16-10-19(5-6-20(16)29(23)13-18(27)14-30)28-24(31)26(8-9-26)17-4-7-21-22(12-17)33-15-32-21/h4-7,10-12,18,30H,8-9,13-15,27H2,1-3H3,(H,28,31). The molecule has 7 heteroatoms. The van der Waals surface area contributed by atoms with Crippen molar-refractivity contribution in [2.45, 2.75) is 56.8 Å². The Hall–Kier alpha value is -2.93. The van der Waals surface area contributed by atoms with Gasteiger partial charge in [0.25, 0.3) is 0 Å². The molecule has 2 aliphatic rings. The van der Waals surface area contributed by atoms with Crippen molar-refractivity contribution in [2.75, 3.05) is 18.7 Å². The van der Waals surface area contributed by atoms with Crippen molar-refractivity contribution in [1.29, 1.82) is 0 Å². The van der Waals surface area contributed by atoms with Crippen LogP contribution in [0, 0.1) is 0 Å². The quantitative estimate of drug-likeness (QED) is 0.566. The molecule has 1 aromatic heterocycles. The van der Waals surface area contributed by atoms with Gasteiger partial charge in [0.05, 0.1) is 5.41 Å². The fraction of sp³-hybridized carbons (Fsp3) is 0.423.